The van der Waals surface area contributed by atoms with Crippen LogP contribution >= 0.6 is 0 Å². The first-order chi connectivity index (χ1) is 15.0. The summed E-state index contributed by atoms with van der Waals surface area (Å²) >= 11 is 0. The molecule has 170 valence electrons. The highest BCUT2D eigenvalue weighted by molar-refractivity contribution is 5.94. The molecule has 0 bridgehead atoms. The lowest BCUT2D eigenvalue weighted by atomic mass is 9.92. The van der Waals surface area contributed by atoms with E-state index in [9.17, 15) is 4.79 Å². The largest absolute Gasteiger partial charge is 0.478 e. The molecule has 3 heterocycles. The quantitative estimate of drug-likeness (QED) is 0.552. The molecule has 2 aromatic rings. The van der Waals surface area contributed by atoms with Gasteiger partial charge in [-0.2, -0.15) is 4.98 Å². The molecule has 1 aliphatic heterocycles. The lowest BCUT2D eigenvalue weighted by Crippen LogP contribution is -2.35. The van der Waals surface area contributed by atoms with Gasteiger partial charge in [0.15, 0.2) is 5.82 Å². The van der Waals surface area contributed by atoms with Crippen molar-refractivity contribution in [2.75, 3.05) is 31.2 Å². The summed E-state index contributed by atoms with van der Waals surface area (Å²) in [4.78, 5) is 22.8. The van der Waals surface area contributed by atoms with E-state index >= 15 is 0 Å². The number of hydrogen-bond acceptors (Lipinski definition) is 8. The minimum atomic E-state index is -0.292. The van der Waals surface area contributed by atoms with Crippen LogP contribution in [0.15, 0.2) is 22.9 Å². The highest BCUT2D eigenvalue weighted by atomic mass is 16.5. The van der Waals surface area contributed by atoms with E-state index < -0.39 is 0 Å². The standard InChI is InChI=1S/C22H33N5O4/c1-15(2)20-25-22(31-26-20)27-10-8-17(9-11-27)5-4-12-30-19-7-6-18(13-23-19)21(29)24-16(3)14-28/h6-7,13,15-17,28H,4-5,8-12,14H2,1-3H3,(H,24,29)/t16-/m1/s1. The molecule has 0 unspecified atom stereocenters. The second-order valence-electron chi connectivity index (χ2n) is 8.45. The number of piperidine rings is 1. The van der Waals surface area contributed by atoms with E-state index in [1.165, 1.54) is 6.20 Å². The lowest BCUT2D eigenvalue weighted by Gasteiger charge is -2.30. The van der Waals surface area contributed by atoms with Crippen molar-refractivity contribution in [3.8, 4) is 5.88 Å². The maximum absolute atomic E-state index is 12.0. The van der Waals surface area contributed by atoms with Crippen molar-refractivity contribution in [2.45, 2.75) is 58.4 Å². The average Bonchev–Trinajstić information content (AvgIpc) is 3.28. The van der Waals surface area contributed by atoms with E-state index in [0.29, 0.717) is 30.0 Å². The fraction of sp³-hybridized carbons (Fsp3) is 0.636. The van der Waals surface area contributed by atoms with Crippen LogP contribution in [0.1, 0.15) is 68.6 Å². The van der Waals surface area contributed by atoms with Gasteiger partial charge in [-0.05, 0) is 44.6 Å². The van der Waals surface area contributed by atoms with Crippen LogP contribution < -0.4 is 15.0 Å². The zero-order valence-corrected chi connectivity index (χ0v) is 18.6. The molecule has 0 radical (unpaired) electrons. The third-order valence-corrected chi connectivity index (χ3v) is 5.49. The normalized spacial score (nSPS) is 15.8. The van der Waals surface area contributed by atoms with Gasteiger partial charge in [0.25, 0.3) is 5.91 Å². The Morgan fingerprint density at radius 3 is 2.71 bits per heavy atom. The van der Waals surface area contributed by atoms with E-state index in [0.717, 1.165) is 44.6 Å². The third-order valence-electron chi connectivity index (χ3n) is 5.49. The zero-order chi connectivity index (χ0) is 22.2. The fourth-order valence-electron chi connectivity index (χ4n) is 3.50. The maximum Gasteiger partial charge on any atom is 0.324 e. The number of rotatable bonds is 10. The van der Waals surface area contributed by atoms with Gasteiger partial charge in [0.05, 0.1) is 18.8 Å². The molecular formula is C22H33N5O4. The Balaban J connectivity index is 1.33. The number of anilines is 1. The lowest BCUT2D eigenvalue weighted by molar-refractivity contribution is 0.0922. The number of ether oxygens (including phenoxy) is 1. The molecule has 9 heteroatoms. The fourth-order valence-corrected chi connectivity index (χ4v) is 3.50. The number of pyridine rings is 1. The summed E-state index contributed by atoms with van der Waals surface area (Å²) in [6, 6.07) is 3.73. The van der Waals surface area contributed by atoms with Crippen LogP contribution in [0.25, 0.3) is 0 Å². The Morgan fingerprint density at radius 2 is 2.10 bits per heavy atom. The number of aliphatic hydroxyl groups is 1. The molecule has 9 nitrogen and oxygen atoms in total. The molecule has 31 heavy (non-hydrogen) atoms. The molecule has 0 aromatic carbocycles. The predicted octanol–water partition coefficient (Wildman–Crippen LogP) is 2.77. The van der Waals surface area contributed by atoms with Gasteiger partial charge in [-0.15, -0.1) is 0 Å². The van der Waals surface area contributed by atoms with Crippen LogP contribution in [0.2, 0.25) is 0 Å². The number of carbonyl (C=O) groups is 1. The summed E-state index contributed by atoms with van der Waals surface area (Å²) in [7, 11) is 0. The topological polar surface area (TPSA) is 114 Å². The van der Waals surface area contributed by atoms with Crippen molar-refractivity contribution < 1.29 is 19.2 Å². The molecule has 1 amide bonds. The van der Waals surface area contributed by atoms with Gasteiger partial charge in [-0.3, -0.25) is 4.79 Å². The summed E-state index contributed by atoms with van der Waals surface area (Å²) in [6.07, 6.45) is 5.77. The van der Waals surface area contributed by atoms with Crippen molar-refractivity contribution >= 4 is 11.9 Å². The van der Waals surface area contributed by atoms with Gasteiger partial charge in [0.1, 0.15) is 0 Å². The van der Waals surface area contributed by atoms with Gasteiger partial charge in [0.2, 0.25) is 5.88 Å². The summed E-state index contributed by atoms with van der Waals surface area (Å²) in [5.41, 5.74) is 0.446. The molecule has 2 aromatic heterocycles. The Labute approximate surface area is 183 Å². The van der Waals surface area contributed by atoms with Crippen molar-refractivity contribution in [1.29, 1.82) is 0 Å². The Bertz CT molecular complexity index is 816. The summed E-state index contributed by atoms with van der Waals surface area (Å²) < 4.78 is 11.1. The van der Waals surface area contributed by atoms with Gasteiger partial charge in [-0.25, -0.2) is 4.98 Å². The Kier molecular flexibility index (Phi) is 8.22. The molecular weight excluding hydrogens is 398 g/mol. The van der Waals surface area contributed by atoms with Crippen LogP contribution in [-0.4, -0.2) is 58.5 Å². The molecule has 3 rings (SSSR count). The van der Waals surface area contributed by atoms with Crippen LogP contribution in [0, 0.1) is 5.92 Å². The van der Waals surface area contributed by atoms with Crippen LogP contribution in [0.4, 0.5) is 6.01 Å². The number of aromatic nitrogens is 3. The van der Waals surface area contributed by atoms with Gasteiger partial charge >= 0.3 is 6.01 Å². The minimum Gasteiger partial charge on any atom is -0.478 e. The van der Waals surface area contributed by atoms with Crippen LogP contribution in [-0.2, 0) is 0 Å². The molecule has 1 aliphatic rings. The summed E-state index contributed by atoms with van der Waals surface area (Å²) in [6.45, 7) is 8.22. The second kappa shape index (κ2) is 11.1. The van der Waals surface area contributed by atoms with Gasteiger partial charge in [0, 0.05) is 37.3 Å². The number of nitrogens with one attached hydrogen (secondary N) is 1. The van der Waals surface area contributed by atoms with E-state index in [1.54, 1.807) is 19.1 Å². The Morgan fingerprint density at radius 1 is 1.32 bits per heavy atom. The highest BCUT2D eigenvalue weighted by Gasteiger charge is 2.23. The van der Waals surface area contributed by atoms with Crippen molar-refractivity contribution in [2.24, 2.45) is 5.92 Å². The first-order valence-electron chi connectivity index (χ1n) is 11.1. The second-order valence-corrected chi connectivity index (χ2v) is 8.45. The van der Waals surface area contributed by atoms with Gasteiger partial charge < -0.3 is 24.6 Å². The number of amides is 1. The molecule has 1 fully saturated rings. The monoisotopic (exact) mass is 431 g/mol. The van der Waals surface area contributed by atoms with Gasteiger partial charge in [-0.1, -0.05) is 19.0 Å². The number of aliphatic hydroxyl groups excluding tert-OH is 1. The number of nitrogens with zero attached hydrogens (tertiary/aromatic N) is 4. The van der Waals surface area contributed by atoms with Crippen LogP contribution in [0.5, 0.6) is 5.88 Å². The van der Waals surface area contributed by atoms with Crippen molar-refractivity contribution in [3.05, 3.63) is 29.7 Å². The molecule has 0 saturated carbocycles. The van der Waals surface area contributed by atoms with E-state index in [1.807, 2.05) is 0 Å². The highest BCUT2D eigenvalue weighted by Crippen LogP contribution is 2.26. The third kappa shape index (κ3) is 6.65. The number of hydrogen-bond donors (Lipinski definition) is 2. The maximum atomic E-state index is 12.0. The SMILES string of the molecule is CC(C)c1noc(N2CCC(CCCOc3ccc(C(=O)N[C@H](C)CO)cn3)CC2)n1. The van der Waals surface area contributed by atoms with E-state index in [2.05, 4.69) is 39.2 Å². The molecule has 1 atom stereocenters. The first kappa shape index (κ1) is 23.0. The van der Waals surface area contributed by atoms with Crippen molar-refractivity contribution in [1.82, 2.24) is 20.4 Å². The Hall–Kier alpha value is -2.68. The van der Waals surface area contributed by atoms with E-state index in [4.69, 9.17) is 14.4 Å². The van der Waals surface area contributed by atoms with Crippen molar-refractivity contribution in [3.63, 3.8) is 0 Å². The average molecular weight is 432 g/mol. The molecule has 0 spiro atoms. The zero-order valence-electron chi connectivity index (χ0n) is 18.6. The predicted molar refractivity (Wildman–Crippen MR) is 116 cm³/mol. The minimum absolute atomic E-state index is 0.102. The number of carbonyl (C=O) groups excluding carboxylic acids is 1. The van der Waals surface area contributed by atoms with E-state index in [-0.39, 0.29) is 24.5 Å². The smallest absolute Gasteiger partial charge is 0.324 e. The van der Waals surface area contributed by atoms with Crippen LogP contribution in [0.3, 0.4) is 0 Å². The summed E-state index contributed by atoms with van der Waals surface area (Å²) in [5.74, 6) is 1.95. The molecule has 2 N–H and O–H groups in total. The molecule has 0 aliphatic carbocycles. The molecule has 1 saturated heterocycles. The summed E-state index contributed by atoms with van der Waals surface area (Å²) in [5, 5.41) is 15.7. The first-order valence-corrected chi connectivity index (χ1v) is 11.1.